The Kier molecular flexibility index (Phi) is 5.08. The second-order valence-corrected chi connectivity index (χ2v) is 7.86. The van der Waals surface area contributed by atoms with Gasteiger partial charge in [-0.15, -0.1) is 0 Å². The summed E-state index contributed by atoms with van der Waals surface area (Å²) in [7, 11) is -3.65. The van der Waals surface area contributed by atoms with Crippen molar-refractivity contribution in [2.45, 2.75) is 30.4 Å². The Morgan fingerprint density at radius 1 is 1.24 bits per heavy atom. The molecule has 0 aliphatic heterocycles. The van der Waals surface area contributed by atoms with E-state index in [0.29, 0.717) is 5.56 Å². The molecule has 2 aromatic rings. The maximum atomic E-state index is 13.0. The fourth-order valence-corrected chi connectivity index (χ4v) is 3.72. The number of benzene rings is 2. The lowest BCUT2D eigenvalue weighted by Gasteiger charge is -2.09. The summed E-state index contributed by atoms with van der Waals surface area (Å²) < 4.78 is 45.1. The van der Waals surface area contributed by atoms with Gasteiger partial charge in [0.05, 0.1) is 15.5 Å². The van der Waals surface area contributed by atoms with Crippen LogP contribution in [0.4, 0.5) is 4.39 Å². The molecule has 0 bridgehead atoms. The van der Waals surface area contributed by atoms with Gasteiger partial charge in [-0.1, -0.05) is 23.7 Å². The number of rotatable bonds is 6. The standard InChI is InChI=1S/C17H15ClFNO4S/c18-16-9-13(19)5-4-12(16)10-24-17(21)11-2-1-3-15(8-11)25(22,23)20-14-6-7-14/h1-5,8-9,14,20H,6-7,10H2. The van der Waals surface area contributed by atoms with E-state index in [-0.39, 0.29) is 28.1 Å². The van der Waals surface area contributed by atoms with Crippen molar-refractivity contribution in [3.8, 4) is 0 Å². The maximum Gasteiger partial charge on any atom is 0.338 e. The minimum absolute atomic E-state index is 0.00802. The van der Waals surface area contributed by atoms with Gasteiger partial charge in [0.15, 0.2) is 0 Å². The largest absolute Gasteiger partial charge is 0.457 e. The third-order valence-electron chi connectivity index (χ3n) is 3.65. The van der Waals surface area contributed by atoms with E-state index in [9.17, 15) is 17.6 Å². The third-order valence-corrected chi connectivity index (χ3v) is 5.52. The van der Waals surface area contributed by atoms with Gasteiger partial charge in [0.1, 0.15) is 12.4 Å². The van der Waals surface area contributed by atoms with Gasteiger partial charge in [-0.25, -0.2) is 22.3 Å². The van der Waals surface area contributed by atoms with E-state index in [1.54, 1.807) is 0 Å². The fraction of sp³-hybridized carbons (Fsp3) is 0.235. The lowest BCUT2D eigenvalue weighted by Crippen LogP contribution is -2.25. The molecule has 0 unspecified atom stereocenters. The monoisotopic (exact) mass is 383 g/mol. The van der Waals surface area contributed by atoms with Crippen molar-refractivity contribution in [1.29, 1.82) is 0 Å². The Balaban J connectivity index is 1.70. The molecule has 0 heterocycles. The molecule has 132 valence electrons. The van der Waals surface area contributed by atoms with Gasteiger partial charge in [0.2, 0.25) is 10.0 Å². The van der Waals surface area contributed by atoms with Crippen molar-refractivity contribution in [2.75, 3.05) is 0 Å². The van der Waals surface area contributed by atoms with Crippen LogP contribution >= 0.6 is 11.6 Å². The van der Waals surface area contributed by atoms with Gasteiger partial charge in [-0.3, -0.25) is 0 Å². The summed E-state index contributed by atoms with van der Waals surface area (Å²) in [4.78, 5) is 12.2. The fourth-order valence-electron chi connectivity index (χ4n) is 2.14. The Labute approximate surface area is 149 Å². The first-order valence-electron chi connectivity index (χ1n) is 7.58. The minimum Gasteiger partial charge on any atom is -0.457 e. The van der Waals surface area contributed by atoms with Crippen LogP contribution in [0, 0.1) is 5.82 Å². The topological polar surface area (TPSA) is 72.5 Å². The number of carbonyl (C=O) groups excluding carboxylic acids is 1. The molecule has 8 heteroatoms. The molecule has 0 saturated heterocycles. The number of ether oxygens (including phenoxy) is 1. The number of esters is 1. The molecule has 1 saturated carbocycles. The maximum absolute atomic E-state index is 13.0. The summed E-state index contributed by atoms with van der Waals surface area (Å²) in [5.74, 6) is -1.18. The van der Waals surface area contributed by atoms with E-state index < -0.39 is 21.8 Å². The van der Waals surface area contributed by atoms with Crippen molar-refractivity contribution < 1.29 is 22.3 Å². The van der Waals surface area contributed by atoms with Gasteiger partial charge < -0.3 is 4.74 Å². The molecule has 25 heavy (non-hydrogen) atoms. The van der Waals surface area contributed by atoms with Crippen LogP contribution in [0.2, 0.25) is 5.02 Å². The zero-order valence-corrected chi connectivity index (χ0v) is 14.6. The van der Waals surface area contributed by atoms with Crippen LogP contribution in [0.3, 0.4) is 0 Å². The number of carbonyl (C=O) groups is 1. The highest BCUT2D eigenvalue weighted by atomic mass is 35.5. The molecular formula is C17H15ClFNO4S. The number of hydrogen-bond donors (Lipinski definition) is 1. The van der Waals surface area contributed by atoms with Crippen LogP contribution in [0.25, 0.3) is 0 Å². The Hall–Kier alpha value is -1.96. The Morgan fingerprint density at radius 2 is 2.00 bits per heavy atom. The summed E-state index contributed by atoms with van der Waals surface area (Å²) >= 11 is 5.88. The predicted octanol–water partition coefficient (Wildman–Crippen LogP) is 3.28. The normalized spacial score (nSPS) is 14.3. The Bertz CT molecular complexity index is 913. The first-order valence-corrected chi connectivity index (χ1v) is 9.45. The van der Waals surface area contributed by atoms with Crippen molar-refractivity contribution in [1.82, 2.24) is 4.72 Å². The molecule has 5 nitrogen and oxygen atoms in total. The van der Waals surface area contributed by atoms with Crippen LogP contribution in [0.5, 0.6) is 0 Å². The predicted molar refractivity (Wildman–Crippen MR) is 90.3 cm³/mol. The zero-order chi connectivity index (χ0) is 18.0. The van der Waals surface area contributed by atoms with Crippen LogP contribution in [-0.2, 0) is 21.4 Å². The summed E-state index contributed by atoms with van der Waals surface area (Å²) in [6.07, 6.45) is 1.64. The van der Waals surface area contributed by atoms with Gasteiger partial charge in [0.25, 0.3) is 0 Å². The van der Waals surface area contributed by atoms with E-state index >= 15 is 0 Å². The average Bonchev–Trinajstić information content (AvgIpc) is 3.37. The van der Waals surface area contributed by atoms with E-state index in [1.807, 2.05) is 0 Å². The highest BCUT2D eigenvalue weighted by Gasteiger charge is 2.28. The highest BCUT2D eigenvalue weighted by Crippen LogP contribution is 2.23. The van der Waals surface area contributed by atoms with Crippen molar-refractivity contribution in [3.63, 3.8) is 0 Å². The van der Waals surface area contributed by atoms with Crippen molar-refractivity contribution in [3.05, 3.63) is 64.4 Å². The average molecular weight is 384 g/mol. The Morgan fingerprint density at radius 3 is 2.68 bits per heavy atom. The van der Waals surface area contributed by atoms with Crippen LogP contribution in [-0.4, -0.2) is 20.4 Å². The first-order chi connectivity index (χ1) is 11.8. The van der Waals surface area contributed by atoms with E-state index in [1.165, 1.54) is 36.4 Å². The summed E-state index contributed by atoms with van der Waals surface area (Å²) in [5.41, 5.74) is 0.562. The molecule has 0 spiro atoms. The van der Waals surface area contributed by atoms with Crippen molar-refractivity contribution in [2.24, 2.45) is 0 Å². The van der Waals surface area contributed by atoms with Gasteiger partial charge in [-0.2, -0.15) is 0 Å². The van der Waals surface area contributed by atoms with Gasteiger partial charge in [0, 0.05) is 11.6 Å². The number of nitrogens with one attached hydrogen (secondary N) is 1. The molecule has 0 radical (unpaired) electrons. The highest BCUT2D eigenvalue weighted by molar-refractivity contribution is 7.89. The molecule has 2 aromatic carbocycles. The molecule has 0 atom stereocenters. The molecule has 1 fully saturated rings. The van der Waals surface area contributed by atoms with E-state index in [2.05, 4.69) is 4.72 Å². The van der Waals surface area contributed by atoms with Gasteiger partial charge in [-0.05, 0) is 43.2 Å². The van der Waals surface area contributed by atoms with E-state index in [0.717, 1.165) is 18.9 Å². The van der Waals surface area contributed by atoms with Crippen molar-refractivity contribution >= 4 is 27.6 Å². The first kappa shape index (κ1) is 17.8. The molecule has 1 N–H and O–H groups in total. The summed E-state index contributed by atoms with van der Waals surface area (Å²) in [6, 6.07) is 9.35. The smallest absolute Gasteiger partial charge is 0.338 e. The molecule has 0 aromatic heterocycles. The minimum atomic E-state index is -3.65. The molecule has 0 amide bonds. The summed E-state index contributed by atoms with van der Waals surface area (Å²) in [5, 5.41) is 0.151. The van der Waals surface area contributed by atoms with Crippen LogP contribution < -0.4 is 4.72 Å². The molecule has 1 aliphatic rings. The second kappa shape index (κ2) is 7.11. The third kappa shape index (κ3) is 4.56. The summed E-state index contributed by atoms with van der Waals surface area (Å²) in [6.45, 7) is -0.144. The van der Waals surface area contributed by atoms with E-state index in [4.69, 9.17) is 16.3 Å². The number of hydrogen-bond acceptors (Lipinski definition) is 4. The second-order valence-electron chi connectivity index (χ2n) is 5.74. The van der Waals surface area contributed by atoms with Gasteiger partial charge >= 0.3 is 5.97 Å². The number of halogens is 2. The molecule has 1 aliphatic carbocycles. The molecule has 3 rings (SSSR count). The lowest BCUT2D eigenvalue weighted by atomic mass is 10.2. The van der Waals surface area contributed by atoms with Crippen LogP contribution in [0.1, 0.15) is 28.8 Å². The quantitative estimate of drug-likeness (QED) is 0.777. The zero-order valence-electron chi connectivity index (χ0n) is 13.0. The van der Waals surface area contributed by atoms with Crippen LogP contribution in [0.15, 0.2) is 47.4 Å². The lowest BCUT2D eigenvalue weighted by molar-refractivity contribution is 0.0472. The molecular weight excluding hydrogens is 369 g/mol. The SMILES string of the molecule is O=C(OCc1ccc(F)cc1Cl)c1cccc(S(=O)(=O)NC2CC2)c1. The number of sulfonamides is 1.